The molecule has 2 aromatic rings. The van der Waals surface area contributed by atoms with Crippen LogP contribution in [0.2, 0.25) is 0 Å². The van der Waals surface area contributed by atoms with Crippen LogP contribution in [0, 0.1) is 0 Å². The number of rotatable bonds is 9. The van der Waals surface area contributed by atoms with Crippen molar-refractivity contribution < 1.29 is 44.5 Å². The van der Waals surface area contributed by atoms with Crippen LogP contribution in [0.4, 0.5) is 0 Å². The molecule has 0 spiro atoms. The van der Waals surface area contributed by atoms with Crippen LogP contribution in [-0.4, -0.2) is 74.4 Å². The Morgan fingerprint density at radius 3 is 2.26 bits per heavy atom. The number of carbonyl (C=O) groups is 1. The molecule has 0 bridgehead atoms. The quantitative estimate of drug-likeness (QED) is 0.323. The smallest absolute Gasteiger partial charge is 0.348 e. The maximum atomic E-state index is 12.8. The summed E-state index contributed by atoms with van der Waals surface area (Å²) in [5.41, 5.74) is 0.550. The first kappa shape index (κ1) is 27.1. The van der Waals surface area contributed by atoms with E-state index in [4.69, 9.17) is 14.2 Å². The van der Waals surface area contributed by atoms with E-state index in [2.05, 4.69) is 6.92 Å². The van der Waals surface area contributed by atoms with Crippen LogP contribution in [0.3, 0.4) is 0 Å². The second-order valence-electron chi connectivity index (χ2n) is 8.97. The molecule has 1 heterocycles. The Bertz CT molecular complexity index is 991. The first-order chi connectivity index (χ1) is 16.6. The first-order valence-electron chi connectivity index (χ1n) is 11.7. The fraction of sp³-hybridized carbons (Fsp3) is 0.500. The summed E-state index contributed by atoms with van der Waals surface area (Å²) in [5, 5.41) is 51.5. The number of aliphatic hydroxyl groups excluding tert-OH is 4. The van der Waals surface area contributed by atoms with Gasteiger partial charge in [0.25, 0.3) is 5.60 Å². The molecule has 0 saturated carbocycles. The lowest BCUT2D eigenvalue weighted by atomic mass is 9.86. The Morgan fingerprint density at radius 1 is 1.06 bits per heavy atom. The van der Waals surface area contributed by atoms with E-state index in [0.717, 1.165) is 12.0 Å². The maximum Gasteiger partial charge on any atom is 0.348 e. The zero-order valence-corrected chi connectivity index (χ0v) is 20.1. The summed E-state index contributed by atoms with van der Waals surface area (Å²) >= 11 is 0. The first-order valence-corrected chi connectivity index (χ1v) is 11.7. The SMILES string of the molecule is CCc1ccc(Cc2ccc(CO)cc2O[C@H]2O[C@H](CO)[C@@H](O)[C@H](O)[C@]2(O)C(=O)OC(C)C)cc1. The third-order valence-corrected chi connectivity index (χ3v) is 6.04. The molecule has 5 atom stereocenters. The standard InChI is InChI=1S/C26H34O9/c1-4-16-5-7-17(8-6-16)11-19-10-9-18(13-27)12-20(19)34-25-26(32,24(31)33-15(2)3)23(30)22(29)21(14-28)35-25/h5-10,12,15,21-23,25,27-30,32H,4,11,13-14H2,1-3H3/t21-,22-,23+,25+,26+/m1/s1. The zero-order valence-electron chi connectivity index (χ0n) is 20.1. The van der Waals surface area contributed by atoms with E-state index in [9.17, 15) is 30.3 Å². The van der Waals surface area contributed by atoms with E-state index < -0.39 is 48.9 Å². The van der Waals surface area contributed by atoms with Gasteiger partial charge in [-0.2, -0.15) is 0 Å². The van der Waals surface area contributed by atoms with Crippen molar-refractivity contribution in [1.29, 1.82) is 0 Å². The van der Waals surface area contributed by atoms with Crippen molar-refractivity contribution in [3.8, 4) is 5.75 Å². The molecule has 0 unspecified atom stereocenters. The van der Waals surface area contributed by atoms with E-state index in [1.54, 1.807) is 32.0 Å². The molecule has 192 valence electrons. The Labute approximate surface area is 204 Å². The van der Waals surface area contributed by atoms with Crippen molar-refractivity contribution >= 4 is 5.97 Å². The highest BCUT2D eigenvalue weighted by atomic mass is 16.7. The highest BCUT2D eigenvalue weighted by Gasteiger charge is 2.62. The number of aliphatic hydroxyl groups is 5. The molecule has 5 N–H and O–H groups in total. The van der Waals surface area contributed by atoms with Gasteiger partial charge in [0, 0.05) is 6.42 Å². The number of ether oxygens (including phenoxy) is 3. The van der Waals surface area contributed by atoms with E-state index in [1.807, 2.05) is 24.3 Å². The largest absolute Gasteiger partial charge is 0.461 e. The minimum atomic E-state index is -2.79. The van der Waals surface area contributed by atoms with Gasteiger partial charge in [0.15, 0.2) is 0 Å². The molecule has 1 saturated heterocycles. The minimum absolute atomic E-state index is 0.192. The summed E-state index contributed by atoms with van der Waals surface area (Å²) in [6.45, 7) is 4.21. The van der Waals surface area contributed by atoms with Crippen LogP contribution < -0.4 is 4.74 Å². The fourth-order valence-electron chi connectivity index (χ4n) is 3.92. The molecule has 1 aliphatic heterocycles. The molecule has 0 amide bonds. The van der Waals surface area contributed by atoms with Gasteiger partial charge in [-0.25, -0.2) is 4.79 Å². The van der Waals surface area contributed by atoms with Crippen molar-refractivity contribution in [2.75, 3.05) is 6.61 Å². The van der Waals surface area contributed by atoms with Gasteiger partial charge >= 0.3 is 5.97 Å². The van der Waals surface area contributed by atoms with Gasteiger partial charge in [0.05, 0.1) is 19.3 Å². The number of benzene rings is 2. The number of carbonyl (C=O) groups excluding carboxylic acids is 1. The van der Waals surface area contributed by atoms with E-state index in [-0.39, 0.29) is 12.4 Å². The van der Waals surface area contributed by atoms with Gasteiger partial charge in [0.2, 0.25) is 6.29 Å². The van der Waals surface area contributed by atoms with Gasteiger partial charge in [-0.15, -0.1) is 0 Å². The lowest BCUT2D eigenvalue weighted by molar-refractivity contribution is -0.316. The topological polar surface area (TPSA) is 146 Å². The Morgan fingerprint density at radius 2 is 1.69 bits per heavy atom. The van der Waals surface area contributed by atoms with Crippen LogP contribution in [0.5, 0.6) is 5.75 Å². The van der Waals surface area contributed by atoms with Crippen LogP contribution in [0.25, 0.3) is 0 Å². The lowest BCUT2D eigenvalue weighted by Gasteiger charge is -2.45. The van der Waals surface area contributed by atoms with E-state index in [1.165, 1.54) is 5.56 Å². The molecule has 0 aliphatic carbocycles. The third-order valence-electron chi connectivity index (χ3n) is 6.04. The summed E-state index contributed by atoms with van der Waals surface area (Å²) in [6, 6.07) is 13.0. The van der Waals surface area contributed by atoms with Gasteiger partial charge < -0.3 is 39.7 Å². The van der Waals surface area contributed by atoms with Gasteiger partial charge in [-0.1, -0.05) is 43.3 Å². The van der Waals surface area contributed by atoms with Crippen molar-refractivity contribution in [3.05, 3.63) is 64.7 Å². The Balaban J connectivity index is 1.99. The average molecular weight is 491 g/mol. The number of aryl methyl sites for hydroxylation is 1. The minimum Gasteiger partial charge on any atom is -0.461 e. The van der Waals surface area contributed by atoms with Crippen molar-refractivity contribution in [2.24, 2.45) is 0 Å². The Hall–Kier alpha value is -2.53. The monoisotopic (exact) mass is 490 g/mol. The van der Waals surface area contributed by atoms with Gasteiger partial charge in [0.1, 0.15) is 24.1 Å². The van der Waals surface area contributed by atoms with Crippen LogP contribution in [-0.2, 0) is 33.7 Å². The zero-order chi connectivity index (χ0) is 25.8. The second-order valence-corrected chi connectivity index (χ2v) is 8.97. The highest BCUT2D eigenvalue weighted by Crippen LogP contribution is 2.35. The predicted molar refractivity (Wildman–Crippen MR) is 126 cm³/mol. The van der Waals surface area contributed by atoms with E-state index in [0.29, 0.717) is 17.5 Å². The summed E-state index contributed by atoms with van der Waals surface area (Å²) in [4.78, 5) is 12.8. The van der Waals surface area contributed by atoms with Crippen LogP contribution in [0.15, 0.2) is 42.5 Å². The molecular formula is C26H34O9. The fourth-order valence-corrected chi connectivity index (χ4v) is 3.92. The maximum absolute atomic E-state index is 12.8. The molecular weight excluding hydrogens is 456 g/mol. The number of hydrogen-bond acceptors (Lipinski definition) is 9. The van der Waals surface area contributed by atoms with Crippen molar-refractivity contribution in [1.82, 2.24) is 0 Å². The van der Waals surface area contributed by atoms with Crippen molar-refractivity contribution in [2.45, 2.75) is 76.5 Å². The summed E-state index contributed by atoms with van der Waals surface area (Å²) in [7, 11) is 0. The van der Waals surface area contributed by atoms with Gasteiger partial charge in [-0.05, 0) is 48.6 Å². The third kappa shape index (κ3) is 5.83. The average Bonchev–Trinajstić information content (AvgIpc) is 2.85. The van der Waals surface area contributed by atoms with E-state index >= 15 is 0 Å². The lowest BCUT2D eigenvalue weighted by Crippen LogP contribution is -2.71. The predicted octanol–water partition coefficient (Wildman–Crippen LogP) is 0.833. The highest BCUT2D eigenvalue weighted by molar-refractivity contribution is 5.81. The molecule has 2 aromatic carbocycles. The summed E-state index contributed by atoms with van der Waals surface area (Å²) < 4.78 is 16.6. The Kier molecular flexibility index (Phi) is 8.87. The number of esters is 1. The summed E-state index contributed by atoms with van der Waals surface area (Å²) in [6.07, 6.45) is -6.27. The van der Waals surface area contributed by atoms with Crippen molar-refractivity contribution in [3.63, 3.8) is 0 Å². The van der Waals surface area contributed by atoms with Gasteiger partial charge in [-0.3, -0.25) is 0 Å². The van der Waals surface area contributed by atoms with Crippen LogP contribution in [0.1, 0.15) is 43.0 Å². The molecule has 9 nitrogen and oxygen atoms in total. The molecule has 1 aliphatic rings. The summed E-state index contributed by atoms with van der Waals surface area (Å²) in [5.74, 6) is -1.05. The second kappa shape index (κ2) is 11.5. The molecule has 0 aromatic heterocycles. The molecule has 1 fully saturated rings. The molecule has 9 heteroatoms. The molecule has 35 heavy (non-hydrogen) atoms. The van der Waals surface area contributed by atoms with Crippen LogP contribution >= 0.6 is 0 Å². The normalized spacial score (nSPS) is 26.5. The molecule has 3 rings (SSSR count). The molecule has 0 radical (unpaired) electrons. The number of hydrogen-bond donors (Lipinski definition) is 5.